The lowest BCUT2D eigenvalue weighted by Crippen LogP contribution is -2.46. The van der Waals surface area contributed by atoms with Crippen LogP contribution in [0.2, 0.25) is 0 Å². The van der Waals surface area contributed by atoms with Crippen molar-refractivity contribution in [2.45, 2.75) is 25.4 Å². The minimum atomic E-state index is 0.347. The van der Waals surface area contributed by atoms with Gasteiger partial charge in [-0.1, -0.05) is 0 Å². The normalized spacial score (nSPS) is 22.2. The van der Waals surface area contributed by atoms with Gasteiger partial charge in [0.05, 0.1) is 18.8 Å². The van der Waals surface area contributed by atoms with Crippen molar-refractivity contribution in [2.24, 2.45) is 0 Å². The van der Waals surface area contributed by atoms with Crippen molar-refractivity contribution in [3.8, 4) is 6.07 Å². The molecule has 0 saturated carbocycles. The van der Waals surface area contributed by atoms with Gasteiger partial charge < -0.3 is 9.64 Å². The predicted octanol–water partition coefficient (Wildman–Crippen LogP) is 0.943. The van der Waals surface area contributed by atoms with E-state index in [1.807, 2.05) is 0 Å². The van der Waals surface area contributed by atoms with Crippen LogP contribution in [0.15, 0.2) is 0 Å². The van der Waals surface area contributed by atoms with Crippen LogP contribution in [-0.2, 0) is 4.74 Å². The largest absolute Gasteiger partial charge is 0.374 e. The van der Waals surface area contributed by atoms with Gasteiger partial charge in [-0.3, -0.25) is 4.90 Å². The SMILES string of the molecule is CN(C)C[C@H]1CN(CCCCC#N)CCO1. The molecule has 1 atom stereocenters. The summed E-state index contributed by atoms with van der Waals surface area (Å²) in [5.74, 6) is 0. The quantitative estimate of drug-likeness (QED) is 0.631. The van der Waals surface area contributed by atoms with Gasteiger partial charge in [0, 0.05) is 26.1 Å². The molecule has 0 spiro atoms. The highest BCUT2D eigenvalue weighted by atomic mass is 16.5. The zero-order valence-corrected chi connectivity index (χ0v) is 10.5. The van der Waals surface area contributed by atoms with Crippen LogP contribution in [0.3, 0.4) is 0 Å². The first-order valence-corrected chi connectivity index (χ1v) is 6.08. The van der Waals surface area contributed by atoms with Gasteiger partial charge in [0.2, 0.25) is 0 Å². The van der Waals surface area contributed by atoms with E-state index in [4.69, 9.17) is 10.00 Å². The van der Waals surface area contributed by atoms with Crippen LogP contribution in [0.4, 0.5) is 0 Å². The smallest absolute Gasteiger partial charge is 0.0829 e. The fraction of sp³-hybridized carbons (Fsp3) is 0.917. The lowest BCUT2D eigenvalue weighted by atomic mass is 10.2. The average Bonchev–Trinajstić information content (AvgIpc) is 2.24. The highest BCUT2D eigenvalue weighted by Crippen LogP contribution is 2.07. The van der Waals surface area contributed by atoms with Crippen LogP contribution in [0, 0.1) is 11.3 Å². The highest BCUT2D eigenvalue weighted by Gasteiger charge is 2.20. The summed E-state index contributed by atoms with van der Waals surface area (Å²) in [5, 5.41) is 8.46. The van der Waals surface area contributed by atoms with Crippen molar-refractivity contribution in [2.75, 3.05) is 46.9 Å². The number of morpholine rings is 1. The summed E-state index contributed by atoms with van der Waals surface area (Å²) < 4.78 is 5.71. The molecule has 4 heteroatoms. The van der Waals surface area contributed by atoms with Crippen LogP contribution in [-0.4, -0.2) is 62.8 Å². The van der Waals surface area contributed by atoms with Crippen LogP contribution in [0.1, 0.15) is 19.3 Å². The van der Waals surface area contributed by atoms with Gasteiger partial charge in [0.15, 0.2) is 0 Å². The lowest BCUT2D eigenvalue weighted by Gasteiger charge is -2.34. The van der Waals surface area contributed by atoms with Crippen molar-refractivity contribution in [3.63, 3.8) is 0 Å². The Morgan fingerprint density at radius 3 is 2.94 bits per heavy atom. The van der Waals surface area contributed by atoms with Gasteiger partial charge in [-0.15, -0.1) is 0 Å². The van der Waals surface area contributed by atoms with E-state index in [0.717, 1.165) is 45.6 Å². The number of hydrogen-bond donors (Lipinski definition) is 0. The molecule has 0 N–H and O–H groups in total. The Bertz CT molecular complexity index is 225. The third-order valence-corrected chi connectivity index (χ3v) is 2.80. The molecule has 0 aromatic heterocycles. The standard InChI is InChI=1S/C12H23N3O/c1-14(2)10-12-11-15(8-9-16-12)7-5-3-4-6-13/h12H,3-5,7-11H2,1-2H3/t12-/m0/s1. The minimum absolute atomic E-state index is 0.347. The molecule has 0 radical (unpaired) electrons. The molecular formula is C12H23N3O. The molecule has 1 rings (SSSR count). The second kappa shape index (κ2) is 7.61. The van der Waals surface area contributed by atoms with E-state index < -0.39 is 0 Å². The Morgan fingerprint density at radius 2 is 2.25 bits per heavy atom. The van der Waals surface area contributed by atoms with E-state index in [2.05, 4.69) is 30.0 Å². The molecule has 0 aliphatic carbocycles. The van der Waals surface area contributed by atoms with Crippen molar-refractivity contribution >= 4 is 0 Å². The molecule has 92 valence electrons. The molecule has 16 heavy (non-hydrogen) atoms. The zero-order valence-electron chi connectivity index (χ0n) is 10.5. The predicted molar refractivity (Wildman–Crippen MR) is 64.2 cm³/mol. The molecule has 1 aliphatic rings. The zero-order chi connectivity index (χ0) is 11.8. The Morgan fingerprint density at radius 1 is 1.44 bits per heavy atom. The maximum atomic E-state index is 8.46. The first-order valence-electron chi connectivity index (χ1n) is 6.08. The molecule has 0 unspecified atom stereocenters. The van der Waals surface area contributed by atoms with Crippen molar-refractivity contribution in [1.29, 1.82) is 5.26 Å². The first-order chi connectivity index (χ1) is 7.72. The molecule has 0 aromatic rings. The average molecular weight is 225 g/mol. The van der Waals surface area contributed by atoms with Crippen molar-refractivity contribution in [3.05, 3.63) is 0 Å². The molecule has 1 saturated heterocycles. The topological polar surface area (TPSA) is 39.5 Å². The van der Waals surface area contributed by atoms with Gasteiger partial charge in [0.1, 0.15) is 0 Å². The number of unbranched alkanes of at least 4 members (excludes halogenated alkanes) is 2. The van der Waals surface area contributed by atoms with Gasteiger partial charge in [-0.2, -0.15) is 5.26 Å². The number of nitrogens with zero attached hydrogens (tertiary/aromatic N) is 3. The summed E-state index contributed by atoms with van der Waals surface area (Å²) in [7, 11) is 4.16. The minimum Gasteiger partial charge on any atom is -0.374 e. The van der Waals surface area contributed by atoms with Crippen LogP contribution < -0.4 is 0 Å². The third-order valence-electron chi connectivity index (χ3n) is 2.80. The van der Waals surface area contributed by atoms with Crippen LogP contribution >= 0.6 is 0 Å². The van der Waals surface area contributed by atoms with Gasteiger partial charge in [0.25, 0.3) is 0 Å². The van der Waals surface area contributed by atoms with Crippen LogP contribution in [0.25, 0.3) is 0 Å². The Kier molecular flexibility index (Phi) is 6.39. The number of ether oxygens (including phenoxy) is 1. The summed E-state index contributed by atoms with van der Waals surface area (Å²) in [6, 6.07) is 2.19. The highest BCUT2D eigenvalue weighted by molar-refractivity contribution is 4.74. The second-order valence-electron chi connectivity index (χ2n) is 4.67. The Balaban J connectivity index is 2.15. The van der Waals surface area contributed by atoms with E-state index in [1.165, 1.54) is 0 Å². The second-order valence-corrected chi connectivity index (χ2v) is 4.67. The number of likely N-dealkylation sites (N-methyl/N-ethyl adjacent to an activating group) is 1. The summed E-state index contributed by atoms with van der Waals surface area (Å²) in [4.78, 5) is 4.62. The Hall–Kier alpha value is -0.630. The van der Waals surface area contributed by atoms with E-state index in [-0.39, 0.29) is 0 Å². The summed E-state index contributed by atoms with van der Waals surface area (Å²) >= 11 is 0. The molecule has 1 heterocycles. The summed E-state index contributed by atoms with van der Waals surface area (Å²) in [6.45, 7) is 5.02. The summed E-state index contributed by atoms with van der Waals surface area (Å²) in [6.07, 6.45) is 3.18. The molecular weight excluding hydrogens is 202 g/mol. The summed E-state index contributed by atoms with van der Waals surface area (Å²) in [5.41, 5.74) is 0. The monoisotopic (exact) mass is 225 g/mol. The first kappa shape index (κ1) is 13.4. The molecule has 1 fully saturated rings. The van der Waals surface area contributed by atoms with Gasteiger partial charge in [-0.25, -0.2) is 0 Å². The van der Waals surface area contributed by atoms with Crippen molar-refractivity contribution in [1.82, 2.24) is 9.80 Å². The molecule has 0 bridgehead atoms. The van der Waals surface area contributed by atoms with E-state index in [1.54, 1.807) is 0 Å². The van der Waals surface area contributed by atoms with E-state index in [9.17, 15) is 0 Å². The maximum Gasteiger partial charge on any atom is 0.0829 e. The molecule has 4 nitrogen and oxygen atoms in total. The number of rotatable bonds is 6. The lowest BCUT2D eigenvalue weighted by molar-refractivity contribution is -0.0382. The maximum absolute atomic E-state index is 8.46. The van der Waals surface area contributed by atoms with E-state index in [0.29, 0.717) is 12.5 Å². The third kappa shape index (κ3) is 5.45. The van der Waals surface area contributed by atoms with Crippen LogP contribution in [0.5, 0.6) is 0 Å². The number of nitriles is 1. The molecule has 0 aromatic carbocycles. The van der Waals surface area contributed by atoms with Crippen molar-refractivity contribution < 1.29 is 4.74 Å². The Labute approximate surface area is 98.8 Å². The fourth-order valence-corrected chi connectivity index (χ4v) is 2.04. The molecule has 0 amide bonds. The molecule has 1 aliphatic heterocycles. The fourth-order valence-electron chi connectivity index (χ4n) is 2.04. The van der Waals surface area contributed by atoms with Gasteiger partial charge >= 0.3 is 0 Å². The number of hydrogen-bond acceptors (Lipinski definition) is 4. The van der Waals surface area contributed by atoms with E-state index >= 15 is 0 Å². The van der Waals surface area contributed by atoms with Gasteiger partial charge in [-0.05, 0) is 33.5 Å².